The third-order valence-electron chi connectivity index (χ3n) is 4.40. The molecule has 0 unspecified atom stereocenters. The Balaban J connectivity index is 1.65. The number of esters is 1. The normalized spacial score (nSPS) is 12.7. The Morgan fingerprint density at radius 3 is 2.50 bits per heavy atom. The van der Waals surface area contributed by atoms with Crippen LogP contribution in [-0.2, 0) is 9.53 Å². The lowest BCUT2D eigenvalue weighted by Crippen LogP contribution is -2.31. The number of para-hydroxylation sites is 1. The molecule has 156 valence electrons. The van der Waals surface area contributed by atoms with Crippen molar-refractivity contribution in [2.45, 2.75) is 12.8 Å². The van der Waals surface area contributed by atoms with Crippen molar-refractivity contribution in [3.63, 3.8) is 0 Å². The molecule has 3 rings (SSSR count). The van der Waals surface area contributed by atoms with E-state index in [4.69, 9.17) is 16.3 Å². The van der Waals surface area contributed by atoms with Gasteiger partial charge in [0.15, 0.2) is 0 Å². The molecule has 9 nitrogen and oxygen atoms in total. The Bertz CT molecular complexity index is 1010. The van der Waals surface area contributed by atoms with Crippen molar-refractivity contribution < 1.29 is 24.0 Å². The van der Waals surface area contributed by atoms with Gasteiger partial charge in [0.25, 0.3) is 17.5 Å². The van der Waals surface area contributed by atoms with Gasteiger partial charge in [-0.15, -0.1) is 0 Å². The van der Waals surface area contributed by atoms with Gasteiger partial charge in [0.1, 0.15) is 6.54 Å². The van der Waals surface area contributed by atoms with Crippen LogP contribution in [0, 0.1) is 16.0 Å². The number of anilines is 1. The smallest absolute Gasteiger partial charge is 0.325 e. The minimum atomic E-state index is -0.640. The van der Waals surface area contributed by atoms with E-state index in [1.54, 1.807) is 12.1 Å². The Morgan fingerprint density at radius 2 is 1.83 bits per heavy atom. The van der Waals surface area contributed by atoms with Crippen molar-refractivity contribution in [2.24, 2.45) is 5.92 Å². The van der Waals surface area contributed by atoms with Gasteiger partial charge in [-0.25, -0.2) is 0 Å². The third-order valence-corrected chi connectivity index (χ3v) is 4.71. The van der Waals surface area contributed by atoms with E-state index >= 15 is 0 Å². The fraction of sp³-hybridized carbons (Fsp3) is 0.250. The lowest BCUT2D eigenvalue weighted by molar-refractivity contribution is -0.384. The molecule has 1 aliphatic carbocycles. The Labute approximate surface area is 176 Å². The third kappa shape index (κ3) is 5.54. The molecule has 2 aromatic carbocycles. The second-order valence-corrected chi connectivity index (χ2v) is 7.14. The average Bonchev–Trinajstić information content (AvgIpc) is 3.55. The van der Waals surface area contributed by atoms with E-state index in [1.807, 2.05) is 0 Å². The van der Waals surface area contributed by atoms with Crippen molar-refractivity contribution >= 4 is 40.8 Å². The predicted molar refractivity (Wildman–Crippen MR) is 109 cm³/mol. The number of ether oxygens (including phenoxy) is 1. The first kappa shape index (κ1) is 21.3. The highest BCUT2D eigenvalue weighted by Gasteiger charge is 2.23. The molecule has 2 aromatic rings. The minimum absolute atomic E-state index is 0.0149. The quantitative estimate of drug-likeness (QED) is 0.375. The molecule has 30 heavy (non-hydrogen) atoms. The maximum absolute atomic E-state index is 12.5. The number of non-ortho nitro benzene ring substituents is 1. The number of amides is 2. The molecule has 0 aliphatic heterocycles. The Morgan fingerprint density at radius 1 is 1.10 bits per heavy atom. The highest BCUT2D eigenvalue weighted by Crippen LogP contribution is 2.28. The molecular weight excluding hydrogens is 414 g/mol. The van der Waals surface area contributed by atoms with Gasteiger partial charge >= 0.3 is 5.97 Å². The van der Waals surface area contributed by atoms with Crippen LogP contribution in [0.4, 0.5) is 11.4 Å². The van der Waals surface area contributed by atoms with Crippen LogP contribution in [0.5, 0.6) is 0 Å². The van der Waals surface area contributed by atoms with Gasteiger partial charge in [0.05, 0.1) is 33.4 Å². The number of hydrogen-bond acceptors (Lipinski definition) is 6. The monoisotopic (exact) mass is 431 g/mol. The lowest BCUT2D eigenvalue weighted by Gasteiger charge is -2.12. The second kappa shape index (κ2) is 9.36. The fourth-order valence-corrected chi connectivity index (χ4v) is 2.84. The Hall–Kier alpha value is -3.46. The zero-order chi connectivity index (χ0) is 21.7. The van der Waals surface area contributed by atoms with E-state index in [-0.39, 0.29) is 34.1 Å². The minimum Gasteiger partial charge on any atom is -0.464 e. The number of carbonyl (C=O) groups is 3. The van der Waals surface area contributed by atoms with Crippen LogP contribution in [-0.4, -0.2) is 35.9 Å². The molecule has 2 amide bonds. The summed E-state index contributed by atoms with van der Waals surface area (Å²) in [7, 11) is 0. The summed E-state index contributed by atoms with van der Waals surface area (Å²) in [5.41, 5.74) is 0.102. The standard InChI is InChI=1S/C20H18ClN3O6/c21-16-9-13(24(28)29)7-8-14(16)20(27)23-17-4-2-1-3-15(17)19(26)22-10-18(25)30-11-12-5-6-12/h1-4,7-9,12H,5-6,10-11H2,(H,22,26)(H,23,27). The molecule has 1 aliphatic rings. The summed E-state index contributed by atoms with van der Waals surface area (Å²) >= 11 is 5.98. The molecule has 1 fully saturated rings. The van der Waals surface area contributed by atoms with Crippen molar-refractivity contribution in [1.82, 2.24) is 5.32 Å². The second-order valence-electron chi connectivity index (χ2n) is 6.73. The lowest BCUT2D eigenvalue weighted by atomic mass is 10.1. The largest absolute Gasteiger partial charge is 0.464 e. The first-order valence-electron chi connectivity index (χ1n) is 9.13. The number of hydrogen-bond donors (Lipinski definition) is 2. The fourth-order valence-electron chi connectivity index (χ4n) is 2.58. The van der Waals surface area contributed by atoms with Gasteiger partial charge in [0.2, 0.25) is 0 Å². The summed E-state index contributed by atoms with van der Waals surface area (Å²) < 4.78 is 5.06. The summed E-state index contributed by atoms with van der Waals surface area (Å²) in [5.74, 6) is -1.32. The van der Waals surface area contributed by atoms with Crippen LogP contribution in [0.1, 0.15) is 33.6 Å². The molecule has 0 aromatic heterocycles. The van der Waals surface area contributed by atoms with Crippen LogP contribution >= 0.6 is 11.6 Å². The van der Waals surface area contributed by atoms with Crippen LogP contribution in [0.3, 0.4) is 0 Å². The van der Waals surface area contributed by atoms with Crippen LogP contribution < -0.4 is 10.6 Å². The molecule has 0 heterocycles. The molecule has 1 saturated carbocycles. The van der Waals surface area contributed by atoms with E-state index < -0.39 is 22.7 Å². The summed E-state index contributed by atoms with van der Waals surface area (Å²) in [4.78, 5) is 46.9. The number of halogens is 1. The zero-order valence-corrected chi connectivity index (χ0v) is 16.5. The summed E-state index contributed by atoms with van der Waals surface area (Å²) in [5, 5.41) is 15.7. The van der Waals surface area contributed by atoms with Crippen molar-refractivity contribution in [3.05, 3.63) is 68.7 Å². The summed E-state index contributed by atoms with van der Waals surface area (Å²) in [6, 6.07) is 9.68. The molecule has 2 N–H and O–H groups in total. The maximum Gasteiger partial charge on any atom is 0.325 e. The highest BCUT2D eigenvalue weighted by molar-refractivity contribution is 6.34. The predicted octanol–water partition coefficient (Wildman–Crippen LogP) is 3.18. The Kier molecular flexibility index (Phi) is 6.63. The van der Waals surface area contributed by atoms with Crippen molar-refractivity contribution in [2.75, 3.05) is 18.5 Å². The average molecular weight is 432 g/mol. The summed E-state index contributed by atoms with van der Waals surface area (Å²) in [6.07, 6.45) is 2.09. The van der Waals surface area contributed by atoms with Crippen LogP contribution in [0.15, 0.2) is 42.5 Å². The van der Waals surface area contributed by atoms with Crippen molar-refractivity contribution in [1.29, 1.82) is 0 Å². The molecule has 0 bridgehead atoms. The summed E-state index contributed by atoms with van der Waals surface area (Å²) in [6.45, 7) is 0.0688. The number of benzene rings is 2. The first-order chi connectivity index (χ1) is 14.3. The highest BCUT2D eigenvalue weighted by atomic mass is 35.5. The number of nitrogens with zero attached hydrogens (tertiary/aromatic N) is 1. The SMILES string of the molecule is O=C(CNC(=O)c1ccccc1NC(=O)c1ccc([N+](=O)[O-])cc1Cl)OCC1CC1. The van der Waals surface area contributed by atoms with Gasteiger partial charge < -0.3 is 15.4 Å². The number of nitro benzene ring substituents is 1. The van der Waals surface area contributed by atoms with Crippen LogP contribution in [0.2, 0.25) is 5.02 Å². The number of nitrogens with one attached hydrogen (secondary N) is 2. The molecule has 0 spiro atoms. The van der Waals surface area contributed by atoms with Gasteiger partial charge in [-0.1, -0.05) is 23.7 Å². The van der Waals surface area contributed by atoms with Gasteiger partial charge in [0, 0.05) is 12.1 Å². The number of rotatable bonds is 8. The zero-order valence-electron chi connectivity index (χ0n) is 15.7. The molecule has 0 saturated heterocycles. The molecule has 0 atom stereocenters. The van der Waals surface area contributed by atoms with Gasteiger partial charge in [-0.05, 0) is 37.0 Å². The van der Waals surface area contributed by atoms with Crippen molar-refractivity contribution in [3.8, 4) is 0 Å². The van der Waals surface area contributed by atoms with Gasteiger partial charge in [-0.3, -0.25) is 24.5 Å². The van der Waals surface area contributed by atoms with E-state index in [9.17, 15) is 24.5 Å². The maximum atomic E-state index is 12.5. The van der Waals surface area contributed by atoms with E-state index in [0.717, 1.165) is 25.0 Å². The number of nitro groups is 1. The molecule has 0 radical (unpaired) electrons. The van der Waals surface area contributed by atoms with E-state index in [1.165, 1.54) is 18.2 Å². The van der Waals surface area contributed by atoms with Crippen LogP contribution in [0.25, 0.3) is 0 Å². The van der Waals surface area contributed by atoms with E-state index in [2.05, 4.69) is 10.6 Å². The molecular formula is C20H18ClN3O6. The van der Waals surface area contributed by atoms with E-state index in [0.29, 0.717) is 12.5 Å². The topological polar surface area (TPSA) is 128 Å². The molecule has 10 heteroatoms. The first-order valence-corrected chi connectivity index (χ1v) is 9.51. The number of carbonyl (C=O) groups excluding carboxylic acids is 3. The van der Waals surface area contributed by atoms with Gasteiger partial charge in [-0.2, -0.15) is 0 Å².